The third-order valence-electron chi connectivity index (χ3n) is 9.74. The number of aromatic nitrogens is 1. The molecule has 0 bridgehead atoms. The van der Waals surface area contributed by atoms with Gasteiger partial charge < -0.3 is 9.47 Å². The summed E-state index contributed by atoms with van der Waals surface area (Å²) in [5.41, 5.74) is -0.843. The Morgan fingerprint density at radius 2 is 1.49 bits per heavy atom. The van der Waals surface area contributed by atoms with Crippen LogP contribution in [0.15, 0.2) is 48.5 Å². The van der Waals surface area contributed by atoms with Gasteiger partial charge in [0.05, 0.1) is 41.9 Å². The predicted molar refractivity (Wildman–Crippen MR) is 164 cm³/mol. The third kappa shape index (κ3) is 7.40. The van der Waals surface area contributed by atoms with Gasteiger partial charge in [-0.05, 0) is 106 Å². The first-order valence-corrected chi connectivity index (χ1v) is 16.4. The number of pyridine rings is 1. The Balaban J connectivity index is 1.30. The fourth-order valence-corrected chi connectivity index (χ4v) is 6.88. The minimum absolute atomic E-state index is 0.0248. The van der Waals surface area contributed by atoms with Gasteiger partial charge in [-0.1, -0.05) is 12.1 Å². The molecule has 13 heteroatoms. The molecule has 0 radical (unpaired) electrons. The first-order valence-electron chi connectivity index (χ1n) is 16.4. The number of carbonyl (C=O) groups is 2. The second-order valence-corrected chi connectivity index (χ2v) is 13.1. The number of rotatable bonds is 8. The summed E-state index contributed by atoms with van der Waals surface area (Å²) < 4.78 is 108. The highest BCUT2D eigenvalue weighted by Gasteiger charge is 2.44. The lowest BCUT2D eigenvalue weighted by atomic mass is 9.78. The minimum atomic E-state index is -5.07. The SMILES string of the molecule is CCOC(=O)[C@H]1CC[C@H](c2ccc(F)c(-c3ccc(C4CC4)nc3CN3C(=O)O[C@H](c4cc(C(F)(F)F)cc(C(F)(F)F)c4)[C@@H]3C)c2)CC1. The summed E-state index contributed by atoms with van der Waals surface area (Å²) in [4.78, 5) is 31.4. The van der Waals surface area contributed by atoms with Gasteiger partial charge in [0.1, 0.15) is 11.9 Å². The molecule has 0 unspecified atom stereocenters. The smallest absolute Gasteiger partial charge is 0.416 e. The standard InChI is InChI=1S/C36H35F7N2O4/c1-3-48-33(46)22-8-4-20(5-9-22)23-10-12-29(37)28(16-23)27-11-13-30(21-6-7-21)44-31(27)18-45-19(2)32(49-34(45)47)24-14-25(35(38,39)40)17-26(15-24)36(41,42)43/h10-17,19-22,32H,3-9,18H2,1-2H3/t19-,20-,22-,32-/m0/s1. The first-order chi connectivity index (χ1) is 23.1. The van der Waals surface area contributed by atoms with Crippen molar-refractivity contribution < 1.29 is 49.8 Å². The number of alkyl halides is 6. The third-order valence-corrected chi connectivity index (χ3v) is 9.74. The highest BCUT2D eigenvalue weighted by atomic mass is 19.4. The molecule has 1 aromatic heterocycles. The fraction of sp³-hybridized carbons (Fsp3) is 0.472. The minimum Gasteiger partial charge on any atom is -0.466 e. The van der Waals surface area contributed by atoms with Crippen LogP contribution in [0.4, 0.5) is 35.5 Å². The quantitative estimate of drug-likeness (QED) is 0.174. The van der Waals surface area contributed by atoms with Crippen LogP contribution in [0, 0.1) is 11.7 Å². The Morgan fingerprint density at radius 3 is 2.08 bits per heavy atom. The van der Waals surface area contributed by atoms with E-state index >= 15 is 4.39 Å². The molecule has 2 aromatic carbocycles. The van der Waals surface area contributed by atoms with Crippen molar-refractivity contribution >= 4 is 12.1 Å². The van der Waals surface area contributed by atoms with E-state index in [9.17, 15) is 35.9 Å². The molecule has 3 fully saturated rings. The number of cyclic esters (lactones) is 1. The highest BCUT2D eigenvalue weighted by Crippen LogP contribution is 2.44. The number of carbonyl (C=O) groups excluding carboxylic acids is 2. The average Bonchev–Trinajstić information content (AvgIpc) is 3.87. The van der Waals surface area contributed by atoms with Crippen LogP contribution in [0.1, 0.15) is 104 Å². The lowest BCUT2D eigenvalue weighted by Gasteiger charge is -2.28. The number of ether oxygens (including phenoxy) is 2. The van der Waals surface area contributed by atoms with E-state index in [-0.39, 0.29) is 41.9 Å². The number of nitrogens with zero attached hydrogens (tertiary/aromatic N) is 2. The summed E-state index contributed by atoms with van der Waals surface area (Å²) in [6.45, 7) is 3.33. The second-order valence-electron chi connectivity index (χ2n) is 13.1. The molecular formula is C36H35F7N2O4. The number of amides is 1. The summed E-state index contributed by atoms with van der Waals surface area (Å²) in [7, 11) is 0. The van der Waals surface area contributed by atoms with Gasteiger partial charge in [0, 0.05) is 22.7 Å². The molecule has 1 saturated heterocycles. The van der Waals surface area contributed by atoms with Crippen molar-refractivity contribution in [1.29, 1.82) is 0 Å². The fourth-order valence-electron chi connectivity index (χ4n) is 6.88. The molecule has 262 valence electrons. The van der Waals surface area contributed by atoms with Gasteiger partial charge in [0.15, 0.2) is 0 Å². The maximum absolute atomic E-state index is 15.6. The molecule has 2 saturated carbocycles. The van der Waals surface area contributed by atoms with Gasteiger partial charge in [-0.3, -0.25) is 14.7 Å². The Bertz CT molecular complexity index is 1700. The summed E-state index contributed by atoms with van der Waals surface area (Å²) in [6, 6.07) is 8.54. The zero-order valence-electron chi connectivity index (χ0n) is 26.8. The first kappa shape index (κ1) is 34.7. The molecule has 2 atom stereocenters. The molecule has 2 aliphatic carbocycles. The largest absolute Gasteiger partial charge is 0.466 e. The van der Waals surface area contributed by atoms with Gasteiger partial charge in [0.25, 0.3) is 0 Å². The summed E-state index contributed by atoms with van der Waals surface area (Å²) in [6.07, 6.45) is -7.98. The van der Waals surface area contributed by atoms with Crippen LogP contribution >= 0.6 is 0 Å². The number of hydrogen-bond donors (Lipinski definition) is 0. The van der Waals surface area contributed by atoms with E-state index in [1.807, 2.05) is 6.07 Å². The van der Waals surface area contributed by atoms with Crippen molar-refractivity contribution in [2.75, 3.05) is 6.61 Å². The van der Waals surface area contributed by atoms with Gasteiger partial charge in [-0.15, -0.1) is 0 Å². The Morgan fingerprint density at radius 1 is 0.857 bits per heavy atom. The monoisotopic (exact) mass is 692 g/mol. The van der Waals surface area contributed by atoms with Crippen LogP contribution in [0.2, 0.25) is 0 Å². The zero-order chi connectivity index (χ0) is 35.2. The lowest BCUT2D eigenvalue weighted by Crippen LogP contribution is -2.32. The molecule has 0 spiro atoms. The Kier molecular flexibility index (Phi) is 9.40. The molecular weight excluding hydrogens is 657 g/mol. The van der Waals surface area contributed by atoms with Crippen molar-refractivity contribution in [2.24, 2.45) is 5.92 Å². The highest BCUT2D eigenvalue weighted by molar-refractivity contribution is 5.73. The molecule has 6 rings (SSSR count). The van der Waals surface area contributed by atoms with E-state index in [0.717, 1.165) is 24.1 Å². The topological polar surface area (TPSA) is 68.7 Å². The van der Waals surface area contributed by atoms with Crippen LogP contribution < -0.4 is 0 Å². The number of hydrogen-bond acceptors (Lipinski definition) is 5. The van der Waals surface area contributed by atoms with E-state index in [2.05, 4.69) is 0 Å². The number of benzene rings is 2. The Hall–Kier alpha value is -4.16. The van der Waals surface area contributed by atoms with Crippen molar-refractivity contribution in [3.05, 3.63) is 88.0 Å². The molecule has 3 aliphatic rings. The molecule has 1 amide bonds. The van der Waals surface area contributed by atoms with Crippen LogP contribution in [0.25, 0.3) is 11.1 Å². The normalized spacial score (nSPS) is 23.0. The van der Waals surface area contributed by atoms with Crippen LogP contribution in [0.5, 0.6) is 0 Å². The van der Waals surface area contributed by atoms with E-state index in [1.165, 1.54) is 17.9 Å². The van der Waals surface area contributed by atoms with E-state index in [1.54, 1.807) is 25.1 Å². The molecule has 3 aromatic rings. The maximum atomic E-state index is 15.6. The molecule has 49 heavy (non-hydrogen) atoms. The number of esters is 1. The predicted octanol–water partition coefficient (Wildman–Crippen LogP) is 9.72. The molecule has 6 nitrogen and oxygen atoms in total. The van der Waals surface area contributed by atoms with Crippen LogP contribution in [-0.4, -0.2) is 34.6 Å². The van der Waals surface area contributed by atoms with Crippen molar-refractivity contribution in [3.63, 3.8) is 0 Å². The molecule has 0 N–H and O–H groups in total. The molecule has 1 aliphatic heterocycles. The van der Waals surface area contributed by atoms with Crippen LogP contribution in [-0.2, 0) is 33.2 Å². The average molecular weight is 693 g/mol. The van der Waals surface area contributed by atoms with Crippen LogP contribution in [0.3, 0.4) is 0 Å². The van der Waals surface area contributed by atoms with E-state index in [4.69, 9.17) is 14.5 Å². The van der Waals surface area contributed by atoms with Gasteiger partial charge >= 0.3 is 24.4 Å². The lowest BCUT2D eigenvalue weighted by molar-refractivity contribution is -0.149. The van der Waals surface area contributed by atoms with Crippen molar-refractivity contribution in [3.8, 4) is 11.1 Å². The van der Waals surface area contributed by atoms with Gasteiger partial charge in [-0.25, -0.2) is 9.18 Å². The maximum Gasteiger partial charge on any atom is 0.416 e. The van der Waals surface area contributed by atoms with E-state index in [0.29, 0.717) is 55.7 Å². The van der Waals surface area contributed by atoms with Crippen molar-refractivity contribution in [2.45, 2.75) is 95.3 Å². The summed E-state index contributed by atoms with van der Waals surface area (Å²) >= 11 is 0. The summed E-state index contributed by atoms with van der Waals surface area (Å²) in [5, 5.41) is 0. The second kappa shape index (κ2) is 13.3. The van der Waals surface area contributed by atoms with Crippen molar-refractivity contribution in [1.82, 2.24) is 9.88 Å². The summed E-state index contributed by atoms with van der Waals surface area (Å²) in [5.74, 6) is -0.637. The van der Waals surface area contributed by atoms with Gasteiger partial charge in [0.2, 0.25) is 0 Å². The number of halogens is 7. The van der Waals surface area contributed by atoms with Gasteiger partial charge in [-0.2, -0.15) is 26.3 Å². The Labute approximate surface area is 278 Å². The van der Waals surface area contributed by atoms with E-state index < -0.39 is 53.1 Å². The zero-order valence-corrected chi connectivity index (χ0v) is 26.8. The molecule has 2 heterocycles.